The first kappa shape index (κ1) is 12.8. The Morgan fingerprint density at radius 1 is 1.47 bits per heavy atom. The van der Waals surface area contributed by atoms with E-state index in [9.17, 15) is 4.79 Å². The van der Waals surface area contributed by atoms with Crippen molar-refractivity contribution in [2.24, 2.45) is 0 Å². The fourth-order valence-electron chi connectivity index (χ4n) is 2.00. The minimum atomic E-state index is -0.0790. The highest BCUT2D eigenvalue weighted by Crippen LogP contribution is 2.29. The molecule has 1 fully saturated rings. The summed E-state index contributed by atoms with van der Waals surface area (Å²) in [5, 5.41) is 4.07. The van der Waals surface area contributed by atoms with Crippen LogP contribution in [0.3, 0.4) is 0 Å². The number of carbonyl (C=O) groups is 1. The fraction of sp³-hybridized carbons (Fsp3) is 0.909. The summed E-state index contributed by atoms with van der Waals surface area (Å²) in [6, 6.07) is 0.592. The maximum absolute atomic E-state index is 11.2. The SMILES string of the molecule is CCNC1CCCC1SCC(=O)OCC. The predicted molar refractivity (Wildman–Crippen MR) is 64.2 cm³/mol. The minimum absolute atomic E-state index is 0.0790. The van der Waals surface area contributed by atoms with Crippen LogP contribution in [0, 0.1) is 0 Å². The molecule has 1 aliphatic rings. The number of ether oxygens (including phenoxy) is 1. The van der Waals surface area contributed by atoms with E-state index in [1.165, 1.54) is 19.3 Å². The van der Waals surface area contributed by atoms with Gasteiger partial charge in [-0.3, -0.25) is 4.79 Å². The van der Waals surface area contributed by atoms with E-state index in [0.717, 1.165) is 6.54 Å². The van der Waals surface area contributed by atoms with Crippen LogP contribution >= 0.6 is 11.8 Å². The Morgan fingerprint density at radius 2 is 2.27 bits per heavy atom. The van der Waals surface area contributed by atoms with Gasteiger partial charge in [0.1, 0.15) is 0 Å². The lowest BCUT2D eigenvalue weighted by molar-refractivity contribution is -0.139. The quantitative estimate of drug-likeness (QED) is 0.708. The van der Waals surface area contributed by atoms with E-state index in [2.05, 4.69) is 12.2 Å². The van der Waals surface area contributed by atoms with Crippen LogP contribution in [0.15, 0.2) is 0 Å². The number of nitrogens with one attached hydrogen (secondary N) is 1. The fourth-order valence-corrected chi connectivity index (χ4v) is 3.23. The Balaban J connectivity index is 2.22. The zero-order valence-electron chi connectivity index (χ0n) is 9.62. The Labute approximate surface area is 96.3 Å². The Hall–Kier alpha value is -0.220. The van der Waals surface area contributed by atoms with E-state index >= 15 is 0 Å². The van der Waals surface area contributed by atoms with Crippen molar-refractivity contribution in [2.45, 2.75) is 44.4 Å². The second-order valence-electron chi connectivity index (χ2n) is 3.75. The van der Waals surface area contributed by atoms with Gasteiger partial charge in [0.05, 0.1) is 12.4 Å². The van der Waals surface area contributed by atoms with Crippen molar-refractivity contribution in [1.29, 1.82) is 0 Å². The third-order valence-corrected chi connectivity index (χ3v) is 4.03. The van der Waals surface area contributed by atoms with Gasteiger partial charge in [-0.05, 0) is 26.3 Å². The van der Waals surface area contributed by atoms with Gasteiger partial charge in [-0.1, -0.05) is 13.3 Å². The summed E-state index contributed by atoms with van der Waals surface area (Å²) in [4.78, 5) is 11.2. The molecule has 0 spiro atoms. The average Bonchev–Trinajstić information content (AvgIpc) is 2.64. The number of hydrogen-bond acceptors (Lipinski definition) is 4. The first-order valence-electron chi connectivity index (χ1n) is 5.78. The van der Waals surface area contributed by atoms with Crippen molar-refractivity contribution in [1.82, 2.24) is 5.32 Å². The monoisotopic (exact) mass is 231 g/mol. The van der Waals surface area contributed by atoms with Crippen LogP contribution in [-0.2, 0) is 9.53 Å². The molecule has 0 saturated heterocycles. The number of thioether (sulfide) groups is 1. The molecular formula is C11H21NO2S. The van der Waals surface area contributed by atoms with E-state index in [1.807, 2.05) is 6.92 Å². The van der Waals surface area contributed by atoms with Crippen LogP contribution in [0.1, 0.15) is 33.1 Å². The van der Waals surface area contributed by atoms with Crippen LogP contribution in [0.4, 0.5) is 0 Å². The van der Waals surface area contributed by atoms with Crippen molar-refractivity contribution >= 4 is 17.7 Å². The van der Waals surface area contributed by atoms with Gasteiger partial charge in [0.15, 0.2) is 0 Å². The zero-order valence-corrected chi connectivity index (χ0v) is 10.4. The highest BCUT2D eigenvalue weighted by atomic mass is 32.2. The molecule has 0 heterocycles. The average molecular weight is 231 g/mol. The van der Waals surface area contributed by atoms with Crippen LogP contribution in [0.25, 0.3) is 0 Å². The van der Waals surface area contributed by atoms with Gasteiger partial charge >= 0.3 is 5.97 Å². The Bertz CT molecular complexity index is 199. The molecule has 0 aromatic heterocycles. The summed E-state index contributed by atoms with van der Waals surface area (Å²) in [5.41, 5.74) is 0. The number of esters is 1. The molecule has 0 bridgehead atoms. The third-order valence-electron chi connectivity index (χ3n) is 2.64. The van der Waals surface area contributed by atoms with Crippen molar-refractivity contribution in [3.05, 3.63) is 0 Å². The first-order chi connectivity index (χ1) is 7.27. The molecule has 0 aromatic rings. The summed E-state index contributed by atoms with van der Waals surface area (Å²) in [6.07, 6.45) is 3.74. The van der Waals surface area contributed by atoms with Gasteiger partial charge < -0.3 is 10.1 Å². The van der Waals surface area contributed by atoms with Gasteiger partial charge in [-0.25, -0.2) is 0 Å². The zero-order chi connectivity index (χ0) is 11.1. The molecule has 0 aliphatic heterocycles. The molecule has 2 unspecified atom stereocenters. The molecule has 1 rings (SSSR count). The Kier molecular flexibility index (Phi) is 6.10. The maximum atomic E-state index is 11.2. The molecule has 1 aliphatic carbocycles. The third kappa shape index (κ3) is 4.43. The highest BCUT2D eigenvalue weighted by molar-refractivity contribution is 8.00. The molecular weight excluding hydrogens is 210 g/mol. The summed E-state index contributed by atoms with van der Waals surface area (Å²) in [6.45, 7) is 5.48. The van der Waals surface area contributed by atoms with Crippen molar-refractivity contribution in [3.8, 4) is 0 Å². The normalized spacial score (nSPS) is 25.5. The molecule has 3 nitrogen and oxygen atoms in total. The molecule has 4 heteroatoms. The molecule has 0 aromatic carbocycles. The molecule has 1 saturated carbocycles. The smallest absolute Gasteiger partial charge is 0.315 e. The lowest BCUT2D eigenvalue weighted by atomic mass is 10.2. The Morgan fingerprint density at radius 3 is 2.93 bits per heavy atom. The van der Waals surface area contributed by atoms with Crippen molar-refractivity contribution < 1.29 is 9.53 Å². The largest absolute Gasteiger partial charge is 0.465 e. The standard InChI is InChI=1S/C11H21NO2S/c1-3-12-9-6-5-7-10(9)15-8-11(13)14-4-2/h9-10,12H,3-8H2,1-2H3. The van der Waals surface area contributed by atoms with Crippen LogP contribution in [-0.4, -0.2) is 36.2 Å². The van der Waals surface area contributed by atoms with Gasteiger partial charge in [0, 0.05) is 11.3 Å². The van der Waals surface area contributed by atoms with E-state index in [1.54, 1.807) is 11.8 Å². The number of carbonyl (C=O) groups excluding carboxylic acids is 1. The summed E-state index contributed by atoms with van der Waals surface area (Å²) in [7, 11) is 0. The summed E-state index contributed by atoms with van der Waals surface area (Å²) in [5.74, 6) is 0.421. The maximum Gasteiger partial charge on any atom is 0.315 e. The van der Waals surface area contributed by atoms with Gasteiger partial charge in [-0.2, -0.15) is 0 Å². The molecule has 88 valence electrons. The van der Waals surface area contributed by atoms with Gasteiger partial charge in [0.25, 0.3) is 0 Å². The van der Waals surface area contributed by atoms with Gasteiger partial charge in [0.2, 0.25) is 0 Å². The van der Waals surface area contributed by atoms with Crippen LogP contribution < -0.4 is 5.32 Å². The molecule has 0 radical (unpaired) electrons. The molecule has 0 amide bonds. The van der Waals surface area contributed by atoms with Crippen molar-refractivity contribution in [2.75, 3.05) is 18.9 Å². The molecule has 15 heavy (non-hydrogen) atoms. The lowest BCUT2D eigenvalue weighted by Crippen LogP contribution is -2.34. The summed E-state index contributed by atoms with van der Waals surface area (Å²) < 4.78 is 4.92. The number of rotatable bonds is 6. The minimum Gasteiger partial charge on any atom is -0.465 e. The van der Waals surface area contributed by atoms with Gasteiger partial charge in [-0.15, -0.1) is 11.8 Å². The first-order valence-corrected chi connectivity index (χ1v) is 6.83. The van der Waals surface area contributed by atoms with E-state index in [0.29, 0.717) is 23.7 Å². The second kappa shape index (κ2) is 7.12. The molecule has 1 N–H and O–H groups in total. The van der Waals surface area contributed by atoms with Crippen LogP contribution in [0.2, 0.25) is 0 Å². The predicted octanol–water partition coefficient (Wildman–Crippen LogP) is 1.81. The van der Waals surface area contributed by atoms with E-state index in [4.69, 9.17) is 4.74 Å². The number of hydrogen-bond donors (Lipinski definition) is 1. The topological polar surface area (TPSA) is 38.3 Å². The van der Waals surface area contributed by atoms with Crippen molar-refractivity contribution in [3.63, 3.8) is 0 Å². The summed E-state index contributed by atoms with van der Waals surface area (Å²) >= 11 is 1.74. The van der Waals surface area contributed by atoms with E-state index < -0.39 is 0 Å². The lowest BCUT2D eigenvalue weighted by Gasteiger charge is -2.19. The van der Waals surface area contributed by atoms with E-state index in [-0.39, 0.29) is 5.97 Å². The molecule has 2 atom stereocenters. The second-order valence-corrected chi connectivity index (χ2v) is 4.98. The van der Waals surface area contributed by atoms with Crippen LogP contribution in [0.5, 0.6) is 0 Å². The highest BCUT2D eigenvalue weighted by Gasteiger charge is 2.27.